The van der Waals surface area contributed by atoms with Gasteiger partial charge in [0.25, 0.3) is 5.91 Å². The largest absolute Gasteiger partial charge is 0.482 e. The third-order valence-electron chi connectivity index (χ3n) is 5.82. The molecule has 4 aromatic rings. The van der Waals surface area contributed by atoms with Crippen molar-refractivity contribution in [1.29, 1.82) is 0 Å². The van der Waals surface area contributed by atoms with Gasteiger partial charge in [0.1, 0.15) is 17.3 Å². The first-order chi connectivity index (χ1) is 16.9. The molecule has 7 nitrogen and oxygen atoms in total. The van der Waals surface area contributed by atoms with E-state index < -0.39 is 0 Å². The maximum absolute atomic E-state index is 12.9. The second-order valence-corrected chi connectivity index (χ2v) is 9.66. The number of rotatable bonds is 5. The zero-order valence-electron chi connectivity index (χ0n) is 19.7. The van der Waals surface area contributed by atoms with E-state index in [0.29, 0.717) is 11.4 Å². The number of ether oxygens (including phenoxy) is 1. The van der Waals surface area contributed by atoms with E-state index in [4.69, 9.17) is 9.72 Å². The summed E-state index contributed by atoms with van der Waals surface area (Å²) < 4.78 is 5.65. The van der Waals surface area contributed by atoms with E-state index in [-0.39, 0.29) is 25.0 Å². The van der Waals surface area contributed by atoms with E-state index in [9.17, 15) is 9.59 Å². The summed E-state index contributed by atoms with van der Waals surface area (Å²) in [7, 11) is 0. The van der Waals surface area contributed by atoms with Crippen molar-refractivity contribution in [3.8, 4) is 27.7 Å². The highest BCUT2D eigenvalue weighted by molar-refractivity contribution is 7.15. The quantitative estimate of drug-likeness (QED) is 0.423. The lowest BCUT2D eigenvalue weighted by Crippen LogP contribution is -2.43. The number of amides is 2. The lowest BCUT2D eigenvalue weighted by molar-refractivity contribution is -0.123. The average molecular weight is 485 g/mol. The van der Waals surface area contributed by atoms with Gasteiger partial charge in [-0.1, -0.05) is 18.2 Å². The molecule has 1 aliphatic heterocycles. The molecule has 0 radical (unpaired) electrons. The van der Waals surface area contributed by atoms with Crippen molar-refractivity contribution in [2.75, 3.05) is 23.4 Å². The molecule has 0 saturated carbocycles. The van der Waals surface area contributed by atoms with Crippen molar-refractivity contribution in [2.45, 2.75) is 20.8 Å². The molecule has 35 heavy (non-hydrogen) atoms. The van der Waals surface area contributed by atoms with Crippen LogP contribution >= 0.6 is 11.3 Å². The number of nitrogens with one attached hydrogen (secondary N) is 1. The minimum absolute atomic E-state index is 0.108. The van der Waals surface area contributed by atoms with Crippen molar-refractivity contribution in [1.82, 2.24) is 9.97 Å². The highest BCUT2D eigenvalue weighted by atomic mass is 32.1. The van der Waals surface area contributed by atoms with Crippen LogP contribution < -0.4 is 15.0 Å². The maximum atomic E-state index is 12.9. The first kappa shape index (κ1) is 22.7. The SMILES string of the molecule is Cc1ccc(C)c(NC(=O)CN2C(=O)COc3ccc(-c4nc(-c5ccccn5)sc4C)cc32)c1. The molecule has 2 aromatic carbocycles. The Labute approximate surface area is 207 Å². The molecule has 0 unspecified atom stereocenters. The molecule has 2 aromatic heterocycles. The van der Waals surface area contributed by atoms with Gasteiger partial charge < -0.3 is 10.1 Å². The van der Waals surface area contributed by atoms with E-state index in [1.54, 1.807) is 17.5 Å². The van der Waals surface area contributed by atoms with E-state index in [1.807, 2.05) is 75.4 Å². The molecule has 3 heterocycles. The Balaban J connectivity index is 1.44. The number of carbonyl (C=O) groups is 2. The summed E-state index contributed by atoms with van der Waals surface area (Å²) in [4.78, 5) is 37.4. The maximum Gasteiger partial charge on any atom is 0.265 e. The molecule has 1 aliphatic rings. The van der Waals surface area contributed by atoms with E-state index in [2.05, 4.69) is 10.3 Å². The third kappa shape index (κ3) is 4.65. The lowest BCUT2D eigenvalue weighted by Gasteiger charge is -2.29. The Morgan fingerprint density at radius 1 is 1.11 bits per heavy atom. The fourth-order valence-electron chi connectivity index (χ4n) is 3.99. The number of hydrogen-bond acceptors (Lipinski definition) is 6. The van der Waals surface area contributed by atoms with E-state index in [0.717, 1.165) is 43.7 Å². The van der Waals surface area contributed by atoms with E-state index >= 15 is 0 Å². The number of hydrogen-bond donors (Lipinski definition) is 1. The number of pyridine rings is 1. The Kier molecular flexibility index (Phi) is 6.05. The van der Waals surface area contributed by atoms with Crippen LogP contribution in [0.2, 0.25) is 0 Å². The van der Waals surface area contributed by atoms with Gasteiger partial charge in [-0.3, -0.25) is 19.5 Å². The summed E-state index contributed by atoms with van der Waals surface area (Å²) in [6.07, 6.45) is 1.74. The number of aromatic nitrogens is 2. The van der Waals surface area contributed by atoms with Gasteiger partial charge in [-0.15, -0.1) is 11.3 Å². The fourth-order valence-corrected chi connectivity index (χ4v) is 4.90. The Morgan fingerprint density at radius 2 is 1.97 bits per heavy atom. The summed E-state index contributed by atoms with van der Waals surface area (Å²) >= 11 is 1.57. The molecular formula is C27H24N4O3S. The van der Waals surface area contributed by atoms with Gasteiger partial charge in [-0.2, -0.15) is 0 Å². The van der Waals surface area contributed by atoms with Crippen LogP contribution in [0.25, 0.3) is 22.0 Å². The molecular weight excluding hydrogens is 460 g/mol. The van der Waals surface area contributed by atoms with Crippen LogP contribution in [-0.2, 0) is 9.59 Å². The van der Waals surface area contributed by atoms with Gasteiger partial charge in [0.15, 0.2) is 6.61 Å². The molecule has 0 saturated heterocycles. The molecule has 5 rings (SSSR count). The molecule has 0 fully saturated rings. The molecule has 0 bridgehead atoms. The number of aryl methyl sites for hydroxylation is 3. The van der Waals surface area contributed by atoms with Gasteiger partial charge in [0, 0.05) is 22.3 Å². The minimum atomic E-state index is -0.271. The summed E-state index contributed by atoms with van der Waals surface area (Å²) in [6, 6.07) is 17.2. The number of thiazole rings is 1. The highest BCUT2D eigenvalue weighted by Crippen LogP contribution is 2.39. The first-order valence-corrected chi connectivity index (χ1v) is 12.0. The Morgan fingerprint density at radius 3 is 2.77 bits per heavy atom. The summed E-state index contributed by atoms with van der Waals surface area (Å²) in [5.41, 5.74) is 5.78. The predicted octanol–water partition coefficient (Wildman–Crippen LogP) is 5.16. The molecule has 2 amide bonds. The average Bonchev–Trinajstić information content (AvgIpc) is 3.25. The normalized spacial score (nSPS) is 12.8. The first-order valence-electron chi connectivity index (χ1n) is 11.2. The lowest BCUT2D eigenvalue weighted by atomic mass is 10.1. The van der Waals surface area contributed by atoms with Crippen molar-refractivity contribution in [3.63, 3.8) is 0 Å². The van der Waals surface area contributed by atoms with Gasteiger partial charge in [-0.05, 0) is 68.3 Å². The zero-order chi connectivity index (χ0) is 24.5. The number of fused-ring (bicyclic) bond motifs is 1. The van der Waals surface area contributed by atoms with Gasteiger partial charge >= 0.3 is 0 Å². The Bertz CT molecular complexity index is 1430. The minimum Gasteiger partial charge on any atom is -0.482 e. The number of benzene rings is 2. The van der Waals surface area contributed by atoms with Crippen LogP contribution in [0.15, 0.2) is 60.8 Å². The monoisotopic (exact) mass is 484 g/mol. The number of carbonyl (C=O) groups excluding carboxylic acids is 2. The molecule has 0 spiro atoms. The van der Waals surface area contributed by atoms with Crippen molar-refractivity contribution in [2.24, 2.45) is 0 Å². The summed E-state index contributed by atoms with van der Waals surface area (Å²) in [5.74, 6) is 0.0215. The van der Waals surface area contributed by atoms with E-state index in [1.165, 1.54) is 4.90 Å². The smallest absolute Gasteiger partial charge is 0.265 e. The summed E-state index contributed by atoms with van der Waals surface area (Å²) in [5, 5.41) is 3.76. The molecule has 0 atom stereocenters. The van der Waals surface area contributed by atoms with Gasteiger partial charge in [-0.25, -0.2) is 4.98 Å². The number of nitrogens with zero attached hydrogens (tertiary/aromatic N) is 3. The van der Waals surface area contributed by atoms with Crippen molar-refractivity contribution in [3.05, 3.63) is 76.8 Å². The molecule has 8 heteroatoms. The van der Waals surface area contributed by atoms with Crippen LogP contribution in [0.3, 0.4) is 0 Å². The van der Waals surface area contributed by atoms with Crippen LogP contribution in [0.1, 0.15) is 16.0 Å². The summed E-state index contributed by atoms with van der Waals surface area (Å²) in [6.45, 7) is 5.70. The van der Waals surface area contributed by atoms with Crippen LogP contribution in [-0.4, -0.2) is 34.9 Å². The van der Waals surface area contributed by atoms with Crippen molar-refractivity contribution < 1.29 is 14.3 Å². The van der Waals surface area contributed by atoms with Gasteiger partial charge in [0.2, 0.25) is 5.91 Å². The second kappa shape index (κ2) is 9.31. The Hall–Kier alpha value is -4.04. The topological polar surface area (TPSA) is 84.4 Å². The third-order valence-corrected chi connectivity index (χ3v) is 6.82. The highest BCUT2D eigenvalue weighted by Gasteiger charge is 2.28. The molecule has 0 aliphatic carbocycles. The molecule has 1 N–H and O–H groups in total. The number of anilines is 2. The standard InChI is InChI=1S/C27H24N4O3S/c1-16-7-8-17(2)21(12-16)29-24(32)14-31-22-13-19(9-10-23(22)34-15-25(31)33)26-18(3)35-27(30-26)20-6-4-5-11-28-20/h4-13H,14-15H2,1-3H3,(H,29,32). The fraction of sp³-hybridized carbons (Fsp3) is 0.185. The molecule has 176 valence electrons. The predicted molar refractivity (Wildman–Crippen MR) is 138 cm³/mol. The van der Waals surface area contributed by atoms with Gasteiger partial charge in [0.05, 0.1) is 17.1 Å². The van der Waals surface area contributed by atoms with Crippen LogP contribution in [0.4, 0.5) is 11.4 Å². The van der Waals surface area contributed by atoms with Crippen LogP contribution in [0.5, 0.6) is 5.75 Å². The van der Waals surface area contributed by atoms with Crippen LogP contribution in [0, 0.1) is 20.8 Å². The van der Waals surface area contributed by atoms with Crippen molar-refractivity contribution >= 4 is 34.5 Å². The second-order valence-electron chi connectivity index (χ2n) is 8.46. The zero-order valence-corrected chi connectivity index (χ0v) is 20.5.